The molecule has 106 valence electrons. The third kappa shape index (κ3) is 4.52. The Balaban J connectivity index is 1.84. The second-order valence-corrected chi connectivity index (χ2v) is 6.19. The Labute approximate surface area is 123 Å². The molecule has 0 heteroatoms. The Bertz CT molecular complexity index is 520. The minimum Gasteiger partial charge on any atom is -0.0625 e. The van der Waals surface area contributed by atoms with Gasteiger partial charge in [-0.15, -0.1) is 0 Å². The summed E-state index contributed by atoms with van der Waals surface area (Å²) in [6.45, 7) is 6.75. The SMILES string of the molecule is Cc1ccccc1CCCc1ccc(CC(C)C)cc1. The van der Waals surface area contributed by atoms with Crippen molar-refractivity contribution in [2.24, 2.45) is 5.92 Å². The lowest BCUT2D eigenvalue weighted by Crippen LogP contribution is -1.95. The van der Waals surface area contributed by atoms with Crippen molar-refractivity contribution in [3.63, 3.8) is 0 Å². The van der Waals surface area contributed by atoms with E-state index in [-0.39, 0.29) is 0 Å². The first-order valence-electron chi connectivity index (χ1n) is 7.77. The molecule has 0 radical (unpaired) electrons. The molecule has 2 aromatic rings. The van der Waals surface area contributed by atoms with E-state index in [2.05, 4.69) is 69.3 Å². The predicted molar refractivity (Wildman–Crippen MR) is 88.2 cm³/mol. The van der Waals surface area contributed by atoms with Crippen LogP contribution in [0.2, 0.25) is 0 Å². The molecule has 0 heterocycles. The van der Waals surface area contributed by atoms with Crippen molar-refractivity contribution < 1.29 is 0 Å². The molecule has 0 bridgehead atoms. The molecule has 2 aromatic carbocycles. The number of hydrogen-bond acceptors (Lipinski definition) is 0. The van der Waals surface area contributed by atoms with Crippen LogP contribution in [0.15, 0.2) is 48.5 Å². The zero-order chi connectivity index (χ0) is 14.4. The van der Waals surface area contributed by atoms with Crippen LogP contribution in [0.1, 0.15) is 42.5 Å². The van der Waals surface area contributed by atoms with E-state index in [0.29, 0.717) is 0 Å². The van der Waals surface area contributed by atoms with Gasteiger partial charge in [-0.25, -0.2) is 0 Å². The molecule has 0 aliphatic carbocycles. The van der Waals surface area contributed by atoms with Crippen molar-refractivity contribution in [1.82, 2.24) is 0 Å². The number of hydrogen-bond donors (Lipinski definition) is 0. The van der Waals surface area contributed by atoms with Gasteiger partial charge >= 0.3 is 0 Å². The second kappa shape index (κ2) is 7.28. The van der Waals surface area contributed by atoms with Gasteiger partial charge in [0.15, 0.2) is 0 Å². The van der Waals surface area contributed by atoms with E-state index in [4.69, 9.17) is 0 Å². The van der Waals surface area contributed by atoms with Crippen molar-refractivity contribution in [3.8, 4) is 0 Å². The third-order valence-electron chi connectivity index (χ3n) is 3.84. The van der Waals surface area contributed by atoms with E-state index in [9.17, 15) is 0 Å². The molecule has 0 amide bonds. The maximum absolute atomic E-state index is 2.30. The van der Waals surface area contributed by atoms with Crippen LogP contribution in [0.5, 0.6) is 0 Å². The fourth-order valence-corrected chi connectivity index (χ4v) is 2.69. The van der Waals surface area contributed by atoms with Crippen LogP contribution in [0.4, 0.5) is 0 Å². The first-order chi connectivity index (χ1) is 9.65. The number of benzene rings is 2. The summed E-state index contributed by atoms with van der Waals surface area (Å²) in [6, 6.07) is 17.9. The zero-order valence-electron chi connectivity index (χ0n) is 13.0. The lowest BCUT2D eigenvalue weighted by atomic mass is 9.98. The van der Waals surface area contributed by atoms with E-state index in [1.54, 1.807) is 0 Å². The molecule has 0 N–H and O–H groups in total. The molecule has 0 spiro atoms. The average molecular weight is 266 g/mol. The molecule has 2 rings (SSSR count). The summed E-state index contributed by atoms with van der Waals surface area (Å²) in [5, 5.41) is 0. The molecule has 20 heavy (non-hydrogen) atoms. The van der Waals surface area contributed by atoms with Gasteiger partial charge in [-0.05, 0) is 60.8 Å². The summed E-state index contributed by atoms with van der Waals surface area (Å²) in [7, 11) is 0. The quantitative estimate of drug-likeness (QED) is 0.659. The van der Waals surface area contributed by atoms with Gasteiger partial charge in [0, 0.05) is 0 Å². The third-order valence-corrected chi connectivity index (χ3v) is 3.84. The summed E-state index contributed by atoms with van der Waals surface area (Å²) in [5.74, 6) is 0.738. The van der Waals surface area contributed by atoms with E-state index in [1.165, 1.54) is 47.9 Å². The minimum atomic E-state index is 0.738. The van der Waals surface area contributed by atoms with E-state index in [0.717, 1.165) is 5.92 Å². The highest BCUT2D eigenvalue weighted by atomic mass is 14.1. The van der Waals surface area contributed by atoms with Crippen LogP contribution in [0, 0.1) is 12.8 Å². The van der Waals surface area contributed by atoms with Gasteiger partial charge in [0.25, 0.3) is 0 Å². The Hall–Kier alpha value is -1.56. The lowest BCUT2D eigenvalue weighted by molar-refractivity contribution is 0.647. The van der Waals surface area contributed by atoms with Gasteiger partial charge in [-0.3, -0.25) is 0 Å². The van der Waals surface area contributed by atoms with Crippen LogP contribution in [0.25, 0.3) is 0 Å². The van der Waals surface area contributed by atoms with Crippen molar-refractivity contribution in [3.05, 3.63) is 70.8 Å². The van der Waals surface area contributed by atoms with Gasteiger partial charge in [0.1, 0.15) is 0 Å². The molecule has 0 aliphatic rings. The van der Waals surface area contributed by atoms with Gasteiger partial charge in [0.2, 0.25) is 0 Å². The van der Waals surface area contributed by atoms with E-state index in [1.807, 2.05) is 0 Å². The first kappa shape index (κ1) is 14.8. The molecule has 0 saturated heterocycles. The van der Waals surface area contributed by atoms with Crippen LogP contribution >= 0.6 is 0 Å². The molecule has 0 unspecified atom stereocenters. The summed E-state index contributed by atoms with van der Waals surface area (Å²) < 4.78 is 0. The van der Waals surface area contributed by atoms with Crippen molar-refractivity contribution in [2.45, 2.75) is 46.5 Å². The summed E-state index contributed by atoms with van der Waals surface area (Å²) in [5.41, 5.74) is 5.83. The summed E-state index contributed by atoms with van der Waals surface area (Å²) >= 11 is 0. The maximum Gasteiger partial charge on any atom is -0.0256 e. The monoisotopic (exact) mass is 266 g/mol. The smallest absolute Gasteiger partial charge is 0.0256 e. The second-order valence-electron chi connectivity index (χ2n) is 6.19. The van der Waals surface area contributed by atoms with E-state index < -0.39 is 0 Å². The number of aryl methyl sites for hydroxylation is 3. The summed E-state index contributed by atoms with van der Waals surface area (Å²) in [6.07, 6.45) is 4.77. The maximum atomic E-state index is 2.30. The Morgan fingerprint density at radius 1 is 0.800 bits per heavy atom. The fraction of sp³-hybridized carbons (Fsp3) is 0.400. The van der Waals surface area contributed by atoms with Gasteiger partial charge in [-0.1, -0.05) is 62.4 Å². The van der Waals surface area contributed by atoms with Crippen LogP contribution in [-0.4, -0.2) is 0 Å². The lowest BCUT2D eigenvalue weighted by Gasteiger charge is -2.08. The van der Waals surface area contributed by atoms with Crippen LogP contribution < -0.4 is 0 Å². The molecule has 0 fully saturated rings. The summed E-state index contributed by atoms with van der Waals surface area (Å²) in [4.78, 5) is 0. The molecular formula is C20H26. The molecule has 0 atom stereocenters. The van der Waals surface area contributed by atoms with Crippen LogP contribution in [-0.2, 0) is 19.3 Å². The Morgan fingerprint density at radius 2 is 1.45 bits per heavy atom. The van der Waals surface area contributed by atoms with Crippen LogP contribution in [0.3, 0.4) is 0 Å². The molecule has 0 aliphatic heterocycles. The topological polar surface area (TPSA) is 0 Å². The molecule has 0 saturated carbocycles. The largest absolute Gasteiger partial charge is 0.0625 e. The highest BCUT2D eigenvalue weighted by Crippen LogP contribution is 2.14. The fourth-order valence-electron chi connectivity index (χ4n) is 2.69. The standard InChI is InChI=1S/C20H26/c1-16(2)15-19-13-11-18(12-14-19)8-6-10-20-9-5-4-7-17(20)3/h4-5,7,9,11-14,16H,6,8,10,15H2,1-3H3. The average Bonchev–Trinajstić information content (AvgIpc) is 2.42. The van der Waals surface area contributed by atoms with Gasteiger partial charge in [-0.2, -0.15) is 0 Å². The van der Waals surface area contributed by atoms with Crippen molar-refractivity contribution in [1.29, 1.82) is 0 Å². The van der Waals surface area contributed by atoms with Gasteiger partial charge < -0.3 is 0 Å². The zero-order valence-corrected chi connectivity index (χ0v) is 13.0. The van der Waals surface area contributed by atoms with Crippen molar-refractivity contribution >= 4 is 0 Å². The first-order valence-corrected chi connectivity index (χ1v) is 7.77. The Kier molecular flexibility index (Phi) is 5.40. The molecule has 0 nitrogen and oxygen atoms in total. The predicted octanol–water partition coefficient (Wildman–Crippen LogP) is 5.37. The minimum absolute atomic E-state index is 0.738. The molecule has 0 aromatic heterocycles. The highest BCUT2D eigenvalue weighted by Gasteiger charge is 2.00. The normalized spacial score (nSPS) is 11.0. The number of rotatable bonds is 6. The van der Waals surface area contributed by atoms with Crippen molar-refractivity contribution in [2.75, 3.05) is 0 Å². The Morgan fingerprint density at radius 3 is 2.10 bits per heavy atom. The van der Waals surface area contributed by atoms with Gasteiger partial charge in [0.05, 0.1) is 0 Å². The molecular weight excluding hydrogens is 240 g/mol. The highest BCUT2D eigenvalue weighted by molar-refractivity contribution is 5.26. The van der Waals surface area contributed by atoms with E-state index >= 15 is 0 Å².